The van der Waals surface area contributed by atoms with Gasteiger partial charge < -0.3 is 4.90 Å². The molecule has 0 bridgehead atoms. The summed E-state index contributed by atoms with van der Waals surface area (Å²) in [7, 11) is 0. The van der Waals surface area contributed by atoms with Crippen molar-refractivity contribution < 1.29 is 18.0 Å². The molecule has 1 aliphatic heterocycles. The lowest BCUT2D eigenvalue weighted by molar-refractivity contribution is -0.175. The summed E-state index contributed by atoms with van der Waals surface area (Å²) in [6, 6.07) is 0. The number of Topliss-reactive ketones (excluding diaryl/α,β-unsaturated/α-hetero) is 1. The van der Waals surface area contributed by atoms with Gasteiger partial charge in [0.05, 0.1) is 5.92 Å². The Morgan fingerprint density at radius 1 is 1.56 bits per heavy atom. The highest BCUT2D eigenvalue weighted by molar-refractivity contribution is 7.13. The van der Waals surface area contributed by atoms with Crippen LogP contribution in [-0.4, -0.2) is 30.0 Å². The predicted octanol–water partition coefficient (Wildman–Crippen LogP) is 3.12. The molecule has 1 saturated heterocycles. The van der Waals surface area contributed by atoms with Gasteiger partial charge in [-0.25, -0.2) is 4.98 Å². The number of carbonyl (C=O) groups excluding carboxylic acids is 1. The molecule has 1 unspecified atom stereocenters. The third kappa shape index (κ3) is 2.82. The first kappa shape index (κ1) is 13.3. The lowest BCUT2D eigenvalue weighted by atomic mass is 9.98. The third-order valence-corrected chi connectivity index (χ3v) is 3.91. The number of alkyl halides is 3. The molecule has 0 saturated carbocycles. The molecule has 18 heavy (non-hydrogen) atoms. The molecule has 1 fully saturated rings. The van der Waals surface area contributed by atoms with Crippen LogP contribution in [0.3, 0.4) is 0 Å². The van der Waals surface area contributed by atoms with Gasteiger partial charge in [-0.15, -0.1) is 11.3 Å². The van der Waals surface area contributed by atoms with Crippen LogP contribution in [0.4, 0.5) is 18.3 Å². The smallest absolute Gasteiger partial charge is 0.347 e. The molecular formula is C11H13F3N2OS. The Balaban J connectivity index is 2.10. The Kier molecular flexibility index (Phi) is 3.61. The van der Waals surface area contributed by atoms with Crippen molar-refractivity contribution in [2.45, 2.75) is 25.9 Å². The summed E-state index contributed by atoms with van der Waals surface area (Å²) in [4.78, 5) is 16.8. The Bertz CT molecular complexity index is 444. The van der Waals surface area contributed by atoms with Crippen LogP contribution < -0.4 is 4.90 Å². The fourth-order valence-corrected chi connectivity index (χ4v) is 2.89. The van der Waals surface area contributed by atoms with Crippen LogP contribution >= 0.6 is 11.3 Å². The van der Waals surface area contributed by atoms with E-state index < -0.39 is 12.1 Å². The number of nitrogens with zero attached hydrogens (tertiary/aromatic N) is 2. The van der Waals surface area contributed by atoms with Crippen LogP contribution in [0.5, 0.6) is 0 Å². The van der Waals surface area contributed by atoms with Crippen molar-refractivity contribution in [1.29, 1.82) is 0 Å². The first-order valence-corrected chi connectivity index (χ1v) is 6.54. The van der Waals surface area contributed by atoms with Gasteiger partial charge in [-0.05, 0) is 12.8 Å². The molecule has 7 heteroatoms. The number of carbonyl (C=O) groups is 1. The average Bonchev–Trinajstić information content (AvgIpc) is 2.77. The number of piperidine rings is 1. The van der Waals surface area contributed by atoms with Crippen LogP contribution in [0.15, 0.2) is 5.38 Å². The van der Waals surface area contributed by atoms with E-state index in [1.165, 1.54) is 18.3 Å². The first-order valence-electron chi connectivity index (χ1n) is 5.66. The maximum atomic E-state index is 12.7. The van der Waals surface area contributed by atoms with Crippen LogP contribution in [0.2, 0.25) is 0 Å². The number of rotatable bonds is 2. The van der Waals surface area contributed by atoms with E-state index in [9.17, 15) is 18.0 Å². The molecule has 0 aromatic carbocycles. The molecule has 0 radical (unpaired) electrons. The largest absolute Gasteiger partial charge is 0.393 e. The summed E-state index contributed by atoms with van der Waals surface area (Å²) in [5.41, 5.74) is 0.323. The number of hydrogen-bond donors (Lipinski definition) is 0. The molecule has 0 spiro atoms. The van der Waals surface area contributed by atoms with Crippen LogP contribution in [0.1, 0.15) is 30.3 Å². The first-order chi connectivity index (χ1) is 8.38. The summed E-state index contributed by atoms with van der Waals surface area (Å²) in [6.07, 6.45) is -3.48. The molecule has 1 aromatic heterocycles. The predicted molar refractivity (Wildman–Crippen MR) is 63.1 cm³/mol. The molecular weight excluding hydrogens is 265 g/mol. The monoisotopic (exact) mass is 278 g/mol. The van der Waals surface area contributed by atoms with E-state index in [0.29, 0.717) is 23.8 Å². The summed E-state index contributed by atoms with van der Waals surface area (Å²) in [5.74, 6) is -1.46. The van der Waals surface area contributed by atoms with Crippen molar-refractivity contribution in [2.24, 2.45) is 5.92 Å². The van der Waals surface area contributed by atoms with Crippen LogP contribution in [-0.2, 0) is 0 Å². The number of aromatic nitrogens is 1. The summed E-state index contributed by atoms with van der Waals surface area (Å²) < 4.78 is 38.0. The molecule has 0 amide bonds. The zero-order valence-electron chi connectivity index (χ0n) is 9.83. The zero-order chi connectivity index (χ0) is 13.3. The molecule has 1 aromatic rings. The topological polar surface area (TPSA) is 33.2 Å². The summed E-state index contributed by atoms with van der Waals surface area (Å²) in [5, 5.41) is 2.10. The average molecular weight is 278 g/mol. The molecule has 0 N–H and O–H groups in total. The second kappa shape index (κ2) is 4.87. The van der Waals surface area contributed by atoms with Crippen LogP contribution in [0, 0.1) is 5.92 Å². The number of thiazole rings is 1. The Morgan fingerprint density at radius 3 is 2.83 bits per heavy atom. The number of ketones is 1. The third-order valence-electron chi connectivity index (χ3n) is 3.01. The lowest BCUT2D eigenvalue weighted by Crippen LogP contribution is -2.41. The zero-order valence-corrected chi connectivity index (χ0v) is 10.6. The van der Waals surface area contributed by atoms with Crippen molar-refractivity contribution in [3.05, 3.63) is 11.1 Å². The van der Waals surface area contributed by atoms with Gasteiger partial charge in [0.15, 0.2) is 10.9 Å². The van der Waals surface area contributed by atoms with Crippen LogP contribution in [0.25, 0.3) is 0 Å². The minimum atomic E-state index is -4.15. The van der Waals surface area contributed by atoms with Crippen molar-refractivity contribution >= 4 is 22.3 Å². The molecule has 2 heterocycles. The van der Waals surface area contributed by atoms with Gasteiger partial charge in [-0.1, -0.05) is 0 Å². The highest BCUT2D eigenvalue weighted by Crippen LogP contribution is 2.35. The fraction of sp³-hybridized carbons (Fsp3) is 0.636. The van der Waals surface area contributed by atoms with Gasteiger partial charge in [0.2, 0.25) is 0 Å². The van der Waals surface area contributed by atoms with E-state index >= 15 is 0 Å². The minimum Gasteiger partial charge on any atom is -0.347 e. The van der Waals surface area contributed by atoms with Gasteiger partial charge >= 0.3 is 6.18 Å². The van der Waals surface area contributed by atoms with Gasteiger partial charge in [0.25, 0.3) is 0 Å². The molecule has 2 rings (SSSR count). The normalized spacial score (nSPS) is 21.1. The molecule has 0 aliphatic carbocycles. The quantitative estimate of drug-likeness (QED) is 0.779. The second-order valence-electron chi connectivity index (χ2n) is 4.40. The lowest BCUT2D eigenvalue weighted by Gasteiger charge is -2.33. The van der Waals surface area contributed by atoms with E-state index in [4.69, 9.17) is 0 Å². The number of hydrogen-bond acceptors (Lipinski definition) is 4. The Labute approximate surface area is 107 Å². The highest BCUT2D eigenvalue weighted by atomic mass is 32.1. The van der Waals surface area contributed by atoms with E-state index in [0.717, 1.165) is 0 Å². The van der Waals surface area contributed by atoms with E-state index in [2.05, 4.69) is 4.98 Å². The molecule has 1 aliphatic rings. The number of anilines is 1. The van der Waals surface area contributed by atoms with E-state index in [1.54, 1.807) is 10.3 Å². The maximum Gasteiger partial charge on any atom is 0.393 e. The minimum absolute atomic E-state index is 0.0612. The van der Waals surface area contributed by atoms with Crippen molar-refractivity contribution in [3.8, 4) is 0 Å². The van der Waals surface area contributed by atoms with Crippen molar-refractivity contribution in [1.82, 2.24) is 4.98 Å². The van der Waals surface area contributed by atoms with Gasteiger partial charge in [0.1, 0.15) is 5.69 Å². The van der Waals surface area contributed by atoms with Gasteiger partial charge in [-0.2, -0.15) is 13.2 Å². The Morgan fingerprint density at radius 2 is 2.28 bits per heavy atom. The molecule has 100 valence electrons. The number of halogens is 3. The highest BCUT2D eigenvalue weighted by Gasteiger charge is 2.42. The fourth-order valence-electron chi connectivity index (χ4n) is 1.99. The SMILES string of the molecule is CC(=O)c1csc(N2CCCC(C(F)(F)F)C2)n1. The standard InChI is InChI=1S/C11H13F3N2OS/c1-7(17)9-6-18-10(15-9)16-4-2-3-8(5-16)11(12,13)14/h6,8H,2-5H2,1H3. The summed E-state index contributed by atoms with van der Waals surface area (Å²) >= 11 is 1.22. The molecule has 3 nitrogen and oxygen atoms in total. The second-order valence-corrected chi connectivity index (χ2v) is 5.23. The van der Waals surface area contributed by atoms with Crippen molar-refractivity contribution in [2.75, 3.05) is 18.0 Å². The summed E-state index contributed by atoms with van der Waals surface area (Å²) in [6.45, 7) is 1.90. The van der Waals surface area contributed by atoms with Crippen molar-refractivity contribution in [3.63, 3.8) is 0 Å². The van der Waals surface area contributed by atoms with Gasteiger partial charge in [0, 0.05) is 25.4 Å². The molecule has 1 atom stereocenters. The van der Waals surface area contributed by atoms with Gasteiger partial charge in [-0.3, -0.25) is 4.79 Å². The maximum absolute atomic E-state index is 12.7. The Hall–Kier alpha value is -1.11. The van der Waals surface area contributed by atoms with E-state index in [1.807, 2.05) is 0 Å². The van der Waals surface area contributed by atoms with E-state index in [-0.39, 0.29) is 18.7 Å².